The van der Waals surface area contributed by atoms with Crippen molar-refractivity contribution in [3.63, 3.8) is 0 Å². The number of hydrogen-bond acceptors (Lipinski definition) is 6. The molecule has 1 aliphatic rings. The van der Waals surface area contributed by atoms with Crippen LogP contribution in [-0.2, 0) is 4.79 Å². The summed E-state index contributed by atoms with van der Waals surface area (Å²) in [4.78, 5) is 50.9. The fourth-order valence-electron chi connectivity index (χ4n) is 3.61. The standard InChI is InChI=1S/C25H20N2O6/c1-33-16-6-4-5-15(12-16)26-25(32)21(13-28)27-24(31)14-9-10-19-20(11-14)23(30)18-8-3-2-7-17(18)22(19)29/h2-12,21,28H,13H2,1H3,(H,26,32)(H,27,31)/t21-/m0/s1. The van der Waals surface area contributed by atoms with Crippen LogP contribution in [-0.4, -0.2) is 48.2 Å². The lowest BCUT2D eigenvalue weighted by molar-refractivity contribution is -0.118. The Hall–Kier alpha value is -4.30. The zero-order chi connectivity index (χ0) is 23.5. The number of carbonyl (C=O) groups excluding carboxylic acids is 4. The van der Waals surface area contributed by atoms with E-state index in [1.54, 1.807) is 48.5 Å². The molecule has 0 aromatic heterocycles. The summed E-state index contributed by atoms with van der Waals surface area (Å²) < 4.78 is 5.11. The van der Waals surface area contributed by atoms with Crippen LogP contribution in [0.5, 0.6) is 5.75 Å². The quantitative estimate of drug-likeness (QED) is 0.419. The van der Waals surface area contributed by atoms with Crippen LogP contribution in [0.25, 0.3) is 0 Å². The lowest BCUT2D eigenvalue weighted by atomic mass is 9.83. The van der Waals surface area contributed by atoms with Gasteiger partial charge in [0.15, 0.2) is 11.6 Å². The van der Waals surface area contributed by atoms with Crippen LogP contribution in [0.3, 0.4) is 0 Å². The van der Waals surface area contributed by atoms with Crippen molar-refractivity contribution in [3.05, 3.63) is 94.5 Å². The minimum absolute atomic E-state index is 0.0851. The highest BCUT2D eigenvalue weighted by Gasteiger charge is 2.30. The third-order valence-corrected chi connectivity index (χ3v) is 5.33. The van der Waals surface area contributed by atoms with Gasteiger partial charge in [-0.05, 0) is 30.3 Å². The molecule has 8 nitrogen and oxygen atoms in total. The molecule has 3 aromatic carbocycles. The lowest BCUT2D eigenvalue weighted by Gasteiger charge is -2.19. The lowest BCUT2D eigenvalue weighted by Crippen LogP contribution is -2.46. The Morgan fingerprint density at radius 2 is 1.55 bits per heavy atom. The molecule has 1 aliphatic carbocycles. The largest absolute Gasteiger partial charge is 0.497 e. The minimum atomic E-state index is -1.24. The molecule has 0 fully saturated rings. The normalized spacial score (nSPS) is 12.9. The van der Waals surface area contributed by atoms with Crippen molar-refractivity contribution in [2.75, 3.05) is 19.0 Å². The molecule has 166 valence electrons. The van der Waals surface area contributed by atoms with Crippen molar-refractivity contribution in [2.45, 2.75) is 6.04 Å². The average Bonchev–Trinajstić information content (AvgIpc) is 2.85. The third-order valence-electron chi connectivity index (χ3n) is 5.33. The van der Waals surface area contributed by atoms with Crippen molar-refractivity contribution in [3.8, 4) is 5.75 Å². The molecule has 3 N–H and O–H groups in total. The number of ketones is 2. The van der Waals surface area contributed by atoms with Crippen LogP contribution in [0.4, 0.5) is 5.69 Å². The molecule has 0 aliphatic heterocycles. The van der Waals surface area contributed by atoms with E-state index >= 15 is 0 Å². The van der Waals surface area contributed by atoms with Crippen LogP contribution < -0.4 is 15.4 Å². The van der Waals surface area contributed by atoms with Gasteiger partial charge in [0, 0.05) is 39.6 Å². The molecule has 8 heteroatoms. The van der Waals surface area contributed by atoms with Crippen LogP contribution in [0.2, 0.25) is 0 Å². The number of rotatable bonds is 6. The van der Waals surface area contributed by atoms with E-state index in [4.69, 9.17) is 4.74 Å². The van der Waals surface area contributed by atoms with E-state index in [9.17, 15) is 24.3 Å². The first kappa shape index (κ1) is 21.9. The second-order valence-corrected chi connectivity index (χ2v) is 7.39. The monoisotopic (exact) mass is 444 g/mol. The Balaban J connectivity index is 1.52. The zero-order valence-electron chi connectivity index (χ0n) is 17.6. The maximum atomic E-state index is 12.9. The van der Waals surface area contributed by atoms with Crippen LogP contribution >= 0.6 is 0 Å². The van der Waals surface area contributed by atoms with E-state index in [1.807, 2.05) is 0 Å². The first-order valence-corrected chi connectivity index (χ1v) is 10.1. The topological polar surface area (TPSA) is 122 Å². The molecule has 4 rings (SSSR count). The minimum Gasteiger partial charge on any atom is -0.497 e. The second kappa shape index (κ2) is 9.05. The maximum absolute atomic E-state index is 12.9. The third kappa shape index (κ3) is 4.24. The summed E-state index contributed by atoms with van der Waals surface area (Å²) in [5, 5.41) is 14.7. The summed E-state index contributed by atoms with van der Waals surface area (Å²) in [6.07, 6.45) is 0. The van der Waals surface area contributed by atoms with Crippen molar-refractivity contribution in [1.29, 1.82) is 0 Å². The fraction of sp³-hybridized carbons (Fsp3) is 0.120. The molecular weight excluding hydrogens is 424 g/mol. The highest BCUT2D eigenvalue weighted by Crippen LogP contribution is 2.28. The Morgan fingerprint density at radius 1 is 0.879 bits per heavy atom. The van der Waals surface area contributed by atoms with E-state index in [2.05, 4.69) is 10.6 Å². The predicted molar refractivity (Wildman–Crippen MR) is 120 cm³/mol. The summed E-state index contributed by atoms with van der Waals surface area (Å²) in [5.74, 6) is -1.41. The molecule has 0 radical (unpaired) electrons. The van der Waals surface area contributed by atoms with Crippen LogP contribution in [0.15, 0.2) is 66.7 Å². The molecule has 0 bridgehead atoms. The van der Waals surface area contributed by atoms with Gasteiger partial charge in [-0.2, -0.15) is 0 Å². The maximum Gasteiger partial charge on any atom is 0.252 e. The number of hydrogen-bond donors (Lipinski definition) is 3. The van der Waals surface area contributed by atoms with Gasteiger partial charge in [0.1, 0.15) is 11.8 Å². The molecule has 0 saturated carbocycles. The molecule has 0 saturated heterocycles. The van der Waals surface area contributed by atoms with E-state index in [0.717, 1.165) is 0 Å². The average molecular weight is 444 g/mol. The van der Waals surface area contributed by atoms with Gasteiger partial charge >= 0.3 is 0 Å². The van der Waals surface area contributed by atoms with Gasteiger partial charge < -0.3 is 20.5 Å². The molecule has 0 heterocycles. The Kier molecular flexibility index (Phi) is 6.01. The Bertz CT molecular complexity index is 1280. The summed E-state index contributed by atoms with van der Waals surface area (Å²) in [7, 11) is 1.49. The number of anilines is 1. The molecule has 2 amide bonds. The van der Waals surface area contributed by atoms with Crippen molar-refractivity contribution in [1.82, 2.24) is 5.32 Å². The number of nitrogens with one attached hydrogen (secondary N) is 2. The van der Waals surface area contributed by atoms with Crippen molar-refractivity contribution in [2.24, 2.45) is 0 Å². The summed E-state index contributed by atoms with van der Waals surface area (Å²) in [5.41, 5.74) is 1.45. The number of methoxy groups -OCH3 is 1. The van der Waals surface area contributed by atoms with E-state index in [-0.39, 0.29) is 33.8 Å². The SMILES string of the molecule is COc1cccc(NC(=O)[C@H](CO)NC(=O)c2ccc3c(c2)C(=O)c2ccccc2C3=O)c1. The van der Waals surface area contributed by atoms with E-state index in [1.165, 1.54) is 25.3 Å². The van der Waals surface area contributed by atoms with Crippen LogP contribution in [0.1, 0.15) is 42.2 Å². The number of aliphatic hydroxyl groups excluding tert-OH is 1. The number of benzene rings is 3. The van der Waals surface area contributed by atoms with Gasteiger partial charge in [0.05, 0.1) is 13.7 Å². The number of aliphatic hydroxyl groups is 1. The van der Waals surface area contributed by atoms with Gasteiger partial charge in [-0.25, -0.2) is 0 Å². The summed E-state index contributed by atoms with van der Waals surface area (Å²) in [6.45, 7) is -0.642. The highest BCUT2D eigenvalue weighted by molar-refractivity contribution is 6.28. The predicted octanol–water partition coefficient (Wildman–Crippen LogP) is 2.20. The molecule has 0 unspecified atom stereocenters. The number of amides is 2. The second-order valence-electron chi connectivity index (χ2n) is 7.39. The molecule has 1 atom stereocenters. The van der Waals surface area contributed by atoms with Gasteiger partial charge in [-0.3, -0.25) is 19.2 Å². The number of fused-ring (bicyclic) bond motifs is 2. The smallest absolute Gasteiger partial charge is 0.252 e. The van der Waals surface area contributed by atoms with Gasteiger partial charge in [-0.1, -0.05) is 30.3 Å². The number of ether oxygens (including phenoxy) is 1. The summed E-state index contributed by atoms with van der Waals surface area (Å²) in [6, 6.07) is 16.0. The van der Waals surface area contributed by atoms with Crippen molar-refractivity contribution < 1.29 is 29.0 Å². The molecule has 33 heavy (non-hydrogen) atoms. The molecular formula is C25H20N2O6. The van der Waals surface area contributed by atoms with Gasteiger partial charge in [0.25, 0.3) is 5.91 Å². The van der Waals surface area contributed by atoms with Gasteiger partial charge in [0.2, 0.25) is 5.91 Å². The number of carbonyl (C=O) groups is 4. The van der Waals surface area contributed by atoms with Crippen LogP contribution in [0, 0.1) is 0 Å². The van der Waals surface area contributed by atoms with Crippen molar-refractivity contribution >= 4 is 29.1 Å². The fourth-order valence-corrected chi connectivity index (χ4v) is 3.61. The first-order valence-electron chi connectivity index (χ1n) is 10.1. The Labute approximate surface area is 189 Å². The van der Waals surface area contributed by atoms with E-state index in [0.29, 0.717) is 17.0 Å². The first-order chi connectivity index (χ1) is 15.9. The summed E-state index contributed by atoms with van der Waals surface area (Å²) >= 11 is 0. The molecule has 3 aromatic rings. The zero-order valence-corrected chi connectivity index (χ0v) is 17.6. The van der Waals surface area contributed by atoms with Gasteiger partial charge in [-0.15, -0.1) is 0 Å². The Morgan fingerprint density at radius 3 is 2.21 bits per heavy atom. The van der Waals surface area contributed by atoms with E-state index < -0.39 is 24.5 Å². The molecule has 0 spiro atoms. The highest BCUT2D eigenvalue weighted by atomic mass is 16.5.